The van der Waals surface area contributed by atoms with Crippen molar-refractivity contribution in [2.75, 3.05) is 10.6 Å². The quantitative estimate of drug-likeness (QED) is 0.726. The molecule has 2 N–H and O–H groups in total. The second kappa shape index (κ2) is 7.41. The molecule has 0 unspecified atom stereocenters. The molecule has 0 bridgehead atoms. The lowest BCUT2D eigenvalue weighted by Gasteiger charge is -2.07. The van der Waals surface area contributed by atoms with Crippen LogP contribution in [0, 0.1) is 5.82 Å². The van der Waals surface area contributed by atoms with Gasteiger partial charge in [0.1, 0.15) is 17.4 Å². The molecule has 0 saturated heterocycles. The first-order chi connectivity index (χ1) is 11.7. The van der Waals surface area contributed by atoms with E-state index in [4.69, 9.17) is 4.42 Å². The van der Waals surface area contributed by atoms with Gasteiger partial charge in [-0.1, -0.05) is 12.1 Å². The van der Waals surface area contributed by atoms with Crippen molar-refractivity contribution >= 4 is 17.4 Å². The Morgan fingerprint density at radius 1 is 1.17 bits per heavy atom. The average molecular weight is 325 g/mol. The summed E-state index contributed by atoms with van der Waals surface area (Å²) in [5.74, 6) is 0.909. The Morgan fingerprint density at radius 2 is 2.08 bits per heavy atom. The number of rotatable bonds is 6. The number of carbonyl (C=O) groups excluding carboxylic acids is 1. The van der Waals surface area contributed by atoms with Crippen molar-refractivity contribution in [3.63, 3.8) is 0 Å². The summed E-state index contributed by atoms with van der Waals surface area (Å²) in [5, 5.41) is 5.85. The first-order valence-corrected chi connectivity index (χ1v) is 7.46. The number of carbonyl (C=O) groups is 1. The van der Waals surface area contributed by atoms with Gasteiger partial charge in [-0.2, -0.15) is 0 Å². The van der Waals surface area contributed by atoms with E-state index in [2.05, 4.69) is 15.6 Å². The molecule has 1 aromatic carbocycles. The standard InChI is InChI=1S/C18H16FN3O2/c19-14-4-1-3-13(9-14)10-18(23)22-15-6-7-17(20-11-15)21-12-16-5-2-8-24-16/h1-9,11H,10,12H2,(H,20,21)(H,22,23). The molecular formula is C18H16FN3O2. The number of amides is 1. The van der Waals surface area contributed by atoms with Gasteiger partial charge in [-0.15, -0.1) is 0 Å². The maximum atomic E-state index is 13.1. The maximum absolute atomic E-state index is 13.1. The van der Waals surface area contributed by atoms with Crippen molar-refractivity contribution in [3.05, 3.63) is 78.1 Å². The molecule has 0 atom stereocenters. The van der Waals surface area contributed by atoms with E-state index in [1.807, 2.05) is 12.1 Å². The monoisotopic (exact) mass is 325 g/mol. The summed E-state index contributed by atoms with van der Waals surface area (Å²) < 4.78 is 18.3. The van der Waals surface area contributed by atoms with Gasteiger partial charge < -0.3 is 15.1 Å². The molecule has 3 aromatic rings. The number of anilines is 2. The Kier molecular flexibility index (Phi) is 4.86. The lowest BCUT2D eigenvalue weighted by molar-refractivity contribution is -0.115. The number of pyridine rings is 1. The van der Waals surface area contributed by atoms with Gasteiger partial charge >= 0.3 is 0 Å². The Balaban J connectivity index is 1.52. The second-order valence-electron chi connectivity index (χ2n) is 5.22. The van der Waals surface area contributed by atoms with Crippen LogP contribution in [0.15, 0.2) is 65.4 Å². The van der Waals surface area contributed by atoms with Crippen LogP contribution >= 0.6 is 0 Å². The van der Waals surface area contributed by atoms with Gasteiger partial charge in [-0.05, 0) is 42.0 Å². The molecule has 0 saturated carbocycles. The van der Waals surface area contributed by atoms with E-state index in [-0.39, 0.29) is 18.1 Å². The van der Waals surface area contributed by atoms with Crippen LogP contribution in [-0.4, -0.2) is 10.9 Å². The largest absolute Gasteiger partial charge is 0.467 e. The summed E-state index contributed by atoms with van der Waals surface area (Å²) in [5.41, 5.74) is 1.21. The van der Waals surface area contributed by atoms with Crippen LogP contribution in [0.4, 0.5) is 15.9 Å². The first kappa shape index (κ1) is 15.7. The van der Waals surface area contributed by atoms with E-state index in [0.29, 0.717) is 23.6 Å². The van der Waals surface area contributed by atoms with Crippen molar-refractivity contribution in [2.24, 2.45) is 0 Å². The molecule has 0 radical (unpaired) electrons. The highest BCUT2D eigenvalue weighted by Gasteiger charge is 2.06. The summed E-state index contributed by atoms with van der Waals surface area (Å²) in [6, 6.07) is 13.2. The highest BCUT2D eigenvalue weighted by atomic mass is 19.1. The zero-order valence-electron chi connectivity index (χ0n) is 12.8. The number of nitrogens with zero attached hydrogens (tertiary/aromatic N) is 1. The second-order valence-corrected chi connectivity index (χ2v) is 5.22. The van der Waals surface area contributed by atoms with Gasteiger partial charge in [-0.3, -0.25) is 4.79 Å². The first-order valence-electron chi connectivity index (χ1n) is 7.46. The summed E-state index contributed by atoms with van der Waals surface area (Å²) in [4.78, 5) is 16.2. The molecule has 0 aliphatic rings. The summed E-state index contributed by atoms with van der Waals surface area (Å²) in [7, 11) is 0. The van der Waals surface area contributed by atoms with Crippen molar-refractivity contribution in [1.29, 1.82) is 0 Å². The van der Waals surface area contributed by atoms with Gasteiger partial charge in [0.25, 0.3) is 0 Å². The minimum atomic E-state index is -0.353. The molecule has 5 nitrogen and oxygen atoms in total. The van der Waals surface area contributed by atoms with Crippen LogP contribution < -0.4 is 10.6 Å². The van der Waals surface area contributed by atoms with Gasteiger partial charge in [0.15, 0.2) is 0 Å². The van der Waals surface area contributed by atoms with E-state index in [9.17, 15) is 9.18 Å². The molecule has 3 rings (SSSR count). The smallest absolute Gasteiger partial charge is 0.228 e. The molecule has 0 fully saturated rings. The topological polar surface area (TPSA) is 67.2 Å². The predicted octanol–water partition coefficient (Wildman–Crippen LogP) is 3.61. The van der Waals surface area contributed by atoms with E-state index >= 15 is 0 Å². The number of benzene rings is 1. The molecule has 2 heterocycles. The Bertz CT molecular complexity index is 801. The van der Waals surface area contributed by atoms with E-state index in [0.717, 1.165) is 5.76 Å². The Morgan fingerprint density at radius 3 is 2.79 bits per heavy atom. The Hall–Kier alpha value is -3.15. The number of hydrogen-bond acceptors (Lipinski definition) is 4. The van der Waals surface area contributed by atoms with Crippen LogP contribution in [-0.2, 0) is 17.8 Å². The predicted molar refractivity (Wildman–Crippen MR) is 89.0 cm³/mol. The molecular weight excluding hydrogens is 309 g/mol. The zero-order valence-corrected chi connectivity index (χ0v) is 12.8. The number of halogens is 1. The highest BCUT2D eigenvalue weighted by Crippen LogP contribution is 2.12. The van der Waals surface area contributed by atoms with Gasteiger partial charge in [0, 0.05) is 0 Å². The molecule has 0 aliphatic carbocycles. The van der Waals surface area contributed by atoms with Crippen molar-refractivity contribution in [3.8, 4) is 0 Å². The third-order valence-electron chi connectivity index (χ3n) is 3.32. The highest BCUT2D eigenvalue weighted by molar-refractivity contribution is 5.92. The van der Waals surface area contributed by atoms with E-state index in [1.54, 1.807) is 36.7 Å². The fourth-order valence-electron chi connectivity index (χ4n) is 2.20. The number of nitrogens with one attached hydrogen (secondary N) is 2. The van der Waals surface area contributed by atoms with Crippen LogP contribution in [0.3, 0.4) is 0 Å². The molecule has 6 heteroatoms. The molecule has 0 spiro atoms. The lowest BCUT2D eigenvalue weighted by atomic mass is 10.1. The van der Waals surface area contributed by atoms with Crippen LogP contribution in [0.25, 0.3) is 0 Å². The third-order valence-corrected chi connectivity index (χ3v) is 3.32. The molecule has 1 amide bonds. The summed E-state index contributed by atoms with van der Waals surface area (Å²) >= 11 is 0. The number of hydrogen-bond donors (Lipinski definition) is 2. The van der Waals surface area contributed by atoms with E-state index in [1.165, 1.54) is 12.1 Å². The van der Waals surface area contributed by atoms with Gasteiger partial charge in [0.2, 0.25) is 5.91 Å². The maximum Gasteiger partial charge on any atom is 0.228 e. The number of furan rings is 1. The molecule has 0 aliphatic heterocycles. The lowest BCUT2D eigenvalue weighted by Crippen LogP contribution is -2.14. The van der Waals surface area contributed by atoms with Gasteiger partial charge in [0.05, 0.1) is 31.1 Å². The van der Waals surface area contributed by atoms with Gasteiger partial charge in [-0.25, -0.2) is 9.37 Å². The SMILES string of the molecule is O=C(Cc1cccc(F)c1)Nc1ccc(NCc2ccco2)nc1. The van der Waals surface area contributed by atoms with Crippen molar-refractivity contribution in [1.82, 2.24) is 4.98 Å². The fraction of sp³-hybridized carbons (Fsp3) is 0.111. The summed E-state index contributed by atoms with van der Waals surface area (Å²) in [6.45, 7) is 0.533. The minimum Gasteiger partial charge on any atom is -0.467 e. The zero-order chi connectivity index (χ0) is 16.8. The summed E-state index contributed by atoms with van der Waals surface area (Å²) in [6.07, 6.45) is 3.28. The van der Waals surface area contributed by atoms with Crippen LogP contribution in [0.2, 0.25) is 0 Å². The van der Waals surface area contributed by atoms with Crippen LogP contribution in [0.5, 0.6) is 0 Å². The molecule has 24 heavy (non-hydrogen) atoms. The van der Waals surface area contributed by atoms with E-state index < -0.39 is 0 Å². The van der Waals surface area contributed by atoms with Crippen molar-refractivity contribution < 1.29 is 13.6 Å². The Labute approximate surface area is 138 Å². The minimum absolute atomic E-state index is 0.107. The van der Waals surface area contributed by atoms with Crippen molar-refractivity contribution in [2.45, 2.75) is 13.0 Å². The normalized spacial score (nSPS) is 10.4. The average Bonchev–Trinajstić information content (AvgIpc) is 3.07. The fourth-order valence-corrected chi connectivity index (χ4v) is 2.20. The number of aromatic nitrogens is 1. The van der Waals surface area contributed by atoms with Crippen LogP contribution in [0.1, 0.15) is 11.3 Å². The molecule has 2 aromatic heterocycles. The third kappa shape index (κ3) is 4.42. The molecule has 122 valence electrons.